The molecular weight excluding hydrogens is 315 g/mol. The summed E-state index contributed by atoms with van der Waals surface area (Å²) >= 11 is 5.57. The highest BCUT2D eigenvalue weighted by Gasteiger charge is 2.61. The summed E-state index contributed by atoms with van der Waals surface area (Å²) in [5.41, 5.74) is 0. The first-order valence-corrected chi connectivity index (χ1v) is 13.2. The first kappa shape index (κ1) is 13.5. The average molecular weight is 332 g/mol. The molecule has 2 N–H and O–H groups in total. The summed E-state index contributed by atoms with van der Waals surface area (Å²) in [7, 11) is -1.73. The SMILES string of the molecule is O=P(O)(O)S(C1CSC1)(C1CSC1)C1CSC1. The minimum atomic E-state index is -3.93. The molecule has 0 radical (unpaired) electrons. The van der Waals surface area contributed by atoms with E-state index in [1.54, 1.807) is 0 Å². The Morgan fingerprint density at radius 2 is 1.12 bits per heavy atom. The normalized spacial score (nSPS) is 29.3. The molecule has 0 aromatic rings. The molecular formula is C9H17O3PS4. The first-order valence-electron chi connectivity index (χ1n) is 5.65. The highest BCUT2D eigenvalue weighted by atomic mass is 32.8. The fourth-order valence-electron chi connectivity index (χ4n) is 2.70. The molecule has 0 amide bonds. The predicted octanol–water partition coefficient (Wildman–Crippen LogP) is 2.23. The summed E-state index contributed by atoms with van der Waals surface area (Å²) in [5.74, 6) is 5.93. The van der Waals surface area contributed by atoms with Crippen LogP contribution in [0.2, 0.25) is 0 Å². The Morgan fingerprint density at radius 1 is 0.824 bits per heavy atom. The van der Waals surface area contributed by atoms with Gasteiger partial charge in [0.1, 0.15) is 0 Å². The van der Waals surface area contributed by atoms with Crippen LogP contribution in [0.1, 0.15) is 0 Å². The Hall–Kier alpha value is 1.55. The molecule has 0 aliphatic carbocycles. The lowest BCUT2D eigenvalue weighted by molar-refractivity contribution is 0.394. The molecule has 3 saturated heterocycles. The largest absolute Gasteiger partial charge is 0.367 e. The van der Waals surface area contributed by atoms with Crippen LogP contribution in [-0.4, -0.2) is 60.1 Å². The Balaban J connectivity index is 1.97. The van der Waals surface area contributed by atoms with Gasteiger partial charge in [0.25, 0.3) is 0 Å². The van der Waals surface area contributed by atoms with E-state index in [1.807, 2.05) is 35.3 Å². The Morgan fingerprint density at radius 3 is 1.24 bits per heavy atom. The highest BCUT2D eigenvalue weighted by Crippen LogP contribution is 2.88. The highest BCUT2D eigenvalue weighted by molar-refractivity contribution is 8.78. The molecule has 0 aromatic heterocycles. The topological polar surface area (TPSA) is 57.5 Å². The van der Waals surface area contributed by atoms with Crippen molar-refractivity contribution in [2.75, 3.05) is 34.5 Å². The fourth-order valence-corrected chi connectivity index (χ4v) is 20.5. The first-order chi connectivity index (χ1) is 8.07. The summed E-state index contributed by atoms with van der Waals surface area (Å²) in [6.45, 7) is -3.93. The summed E-state index contributed by atoms with van der Waals surface area (Å²) in [5, 5.41) is 1.01. The van der Waals surface area contributed by atoms with Gasteiger partial charge in [-0.2, -0.15) is 35.3 Å². The molecule has 0 spiro atoms. The molecule has 8 heteroatoms. The van der Waals surface area contributed by atoms with Crippen LogP contribution in [-0.2, 0) is 4.57 Å². The van der Waals surface area contributed by atoms with Gasteiger partial charge in [-0.3, -0.25) is 0 Å². The van der Waals surface area contributed by atoms with Crippen molar-refractivity contribution < 1.29 is 14.4 Å². The van der Waals surface area contributed by atoms with Crippen LogP contribution >= 0.6 is 51.7 Å². The molecule has 0 atom stereocenters. The molecule has 3 heterocycles. The molecule has 0 aromatic carbocycles. The third-order valence-electron chi connectivity index (χ3n) is 3.84. The van der Waals surface area contributed by atoms with E-state index in [4.69, 9.17) is 0 Å². The van der Waals surface area contributed by atoms with Crippen molar-refractivity contribution in [3.8, 4) is 0 Å². The number of thioether (sulfide) groups is 3. The van der Waals surface area contributed by atoms with Gasteiger partial charge >= 0.3 is 6.80 Å². The van der Waals surface area contributed by atoms with E-state index in [-0.39, 0.29) is 0 Å². The van der Waals surface area contributed by atoms with E-state index in [0.717, 1.165) is 34.5 Å². The van der Waals surface area contributed by atoms with Crippen LogP contribution in [0.15, 0.2) is 0 Å². The quantitative estimate of drug-likeness (QED) is 0.770. The van der Waals surface area contributed by atoms with Gasteiger partial charge in [-0.25, -0.2) is 4.57 Å². The van der Waals surface area contributed by atoms with E-state index >= 15 is 0 Å². The van der Waals surface area contributed by atoms with Crippen molar-refractivity contribution in [1.29, 1.82) is 0 Å². The van der Waals surface area contributed by atoms with Crippen LogP contribution < -0.4 is 0 Å². The van der Waals surface area contributed by atoms with Gasteiger partial charge in [0, 0.05) is 50.3 Å². The maximum atomic E-state index is 12.3. The van der Waals surface area contributed by atoms with Gasteiger partial charge in [0.05, 0.1) is 0 Å². The van der Waals surface area contributed by atoms with Crippen molar-refractivity contribution in [1.82, 2.24) is 0 Å². The van der Waals surface area contributed by atoms with E-state index in [9.17, 15) is 14.4 Å². The van der Waals surface area contributed by atoms with E-state index in [1.165, 1.54) is 0 Å². The van der Waals surface area contributed by atoms with Gasteiger partial charge < -0.3 is 9.79 Å². The van der Waals surface area contributed by atoms with Gasteiger partial charge in [-0.15, -0.1) is 9.65 Å². The second kappa shape index (κ2) is 4.83. The molecule has 0 bridgehead atoms. The smallest absolute Gasteiger partial charge is 0.318 e. The molecule has 100 valence electrons. The second-order valence-corrected chi connectivity index (χ2v) is 15.7. The van der Waals surface area contributed by atoms with Crippen LogP contribution in [0, 0.1) is 0 Å². The maximum absolute atomic E-state index is 12.3. The lowest BCUT2D eigenvalue weighted by atomic mass is 10.5. The molecule has 0 saturated carbocycles. The zero-order valence-corrected chi connectivity index (χ0v) is 13.5. The van der Waals surface area contributed by atoms with Crippen molar-refractivity contribution in [3.63, 3.8) is 0 Å². The summed E-state index contributed by atoms with van der Waals surface area (Å²) in [6.07, 6.45) is 0. The van der Waals surface area contributed by atoms with Crippen molar-refractivity contribution in [2.45, 2.75) is 15.7 Å². The summed E-state index contributed by atoms with van der Waals surface area (Å²) < 4.78 is 12.3. The Bertz CT molecular complexity index is 312. The number of rotatable bonds is 4. The Labute approximate surface area is 116 Å². The summed E-state index contributed by atoms with van der Waals surface area (Å²) in [6, 6.07) is 0. The molecule has 0 unspecified atom stereocenters. The molecule has 3 fully saturated rings. The van der Waals surface area contributed by atoms with Gasteiger partial charge in [-0.05, 0) is 0 Å². The standard InChI is InChI=1S/C9H17O3PS4/c10-13(11,12)17(7-1-14-2-7,8-3-15-4-8)9-5-16-6-9/h7-9H,1-6H2,(H2,10,11,12). The number of hydrogen-bond acceptors (Lipinski definition) is 4. The second-order valence-electron chi connectivity index (χ2n) is 4.69. The molecule has 17 heavy (non-hydrogen) atoms. The zero-order chi connectivity index (χ0) is 12.1. The lowest BCUT2D eigenvalue weighted by Gasteiger charge is -2.62. The lowest BCUT2D eigenvalue weighted by Crippen LogP contribution is -2.51. The summed E-state index contributed by atoms with van der Waals surface area (Å²) in [4.78, 5) is 20.1. The van der Waals surface area contributed by atoms with Gasteiger partial charge in [-0.1, -0.05) is 0 Å². The van der Waals surface area contributed by atoms with E-state index in [0.29, 0.717) is 15.7 Å². The van der Waals surface area contributed by atoms with Gasteiger partial charge in [0.2, 0.25) is 0 Å². The molecule has 3 aliphatic heterocycles. The Kier molecular flexibility index (Phi) is 3.84. The van der Waals surface area contributed by atoms with Crippen LogP contribution in [0.5, 0.6) is 0 Å². The maximum Gasteiger partial charge on any atom is 0.367 e. The van der Waals surface area contributed by atoms with Gasteiger partial charge in [0.15, 0.2) is 0 Å². The number of hydrogen-bond donors (Lipinski definition) is 2. The monoisotopic (exact) mass is 332 g/mol. The van der Waals surface area contributed by atoms with Crippen LogP contribution in [0.4, 0.5) is 0 Å². The molecule has 3 nitrogen and oxygen atoms in total. The average Bonchev–Trinajstić information content (AvgIpc) is 1.89. The zero-order valence-electron chi connectivity index (χ0n) is 9.36. The van der Waals surface area contributed by atoms with Crippen molar-refractivity contribution in [3.05, 3.63) is 0 Å². The van der Waals surface area contributed by atoms with E-state index < -0.39 is 16.4 Å². The van der Waals surface area contributed by atoms with Crippen molar-refractivity contribution >= 4 is 51.7 Å². The van der Waals surface area contributed by atoms with Crippen molar-refractivity contribution in [2.24, 2.45) is 0 Å². The minimum absolute atomic E-state index is 0.338. The molecule has 3 aliphatic rings. The van der Waals surface area contributed by atoms with Crippen LogP contribution in [0.3, 0.4) is 0 Å². The van der Waals surface area contributed by atoms with E-state index in [2.05, 4.69) is 0 Å². The third kappa shape index (κ3) is 1.96. The van der Waals surface area contributed by atoms with Crippen LogP contribution in [0.25, 0.3) is 0 Å². The third-order valence-corrected chi connectivity index (χ3v) is 19.1. The molecule has 3 rings (SSSR count). The minimum Gasteiger partial charge on any atom is -0.318 e. The predicted molar refractivity (Wildman–Crippen MR) is 83.0 cm³/mol. The fraction of sp³-hybridized carbons (Fsp3) is 1.00.